The average molecular weight is 537 g/mol. The summed E-state index contributed by atoms with van der Waals surface area (Å²) in [7, 11) is 0. The van der Waals surface area contributed by atoms with Gasteiger partial charge in [0.1, 0.15) is 24.7 Å². The highest BCUT2D eigenvalue weighted by atomic mass is 16.5. The van der Waals surface area contributed by atoms with Crippen LogP contribution in [0.4, 0.5) is 11.4 Å². The van der Waals surface area contributed by atoms with Gasteiger partial charge in [0.05, 0.1) is 0 Å². The van der Waals surface area contributed by atoms with Crippen molar-refractivity contribution in [3.8, 4) is 11.5 Å². The van der Waals surface area contributed by atoms with E-state index in [4.69, 9.17) is 9.47 Å². The van der Waals surface area contributed by atoms with Crippen molar-refractivity contribution in [1.29, 1.82) is 0 Å². The molecule has 2 aliphatic rings. The third-order valence-electron chi connectivity index (χ3n) is 7.89. The number of anilines is 2. The van der Waals surface area contributed by atoms with E-state index in [0.717, 1.165) is 24.6 Å². The van der Waals surface area contributed by atoms with Crippen LogP contribution in [0.5, 0.6) is 11.5 Å². The molecule has 0 atom stereocenters. The van der Waals surface area contributed by atoms with E-state index in [1.807, 2.05) is 24.3 Å². The van der Waals surface area contributed by atoms with E-state index in [0.29, 0.717) is 13.2 Å². The largest absolute Gasteiger partial charge is 0.490 e. The molecule has 2 aliphatic heterocycles. The number of hydrogen-bond acceptors (Lipinski definition) is 4. The van der Waals surface area contributed by atoms with E-state index in [1.165, 1.54) is 74.4 Å². The molecule has 4 heterocycles. The van der Waals surface area contributed by atoms with Crippen LogP contribution in [-0.4, -0.2) is 39.4 Å². The summed E-state index contributed by atoms with van der Waals surface area (Å²) in [6, 6.07) is 25.6. The molecule has 0 aliphatic carbocycles. The first-order chi connectivity index (χ1) is 19.8. The van der Waals surface area contributed by atoms with Crippen LogP contribution >= 0.6 is 0 Å². The minimum atomic E-state index is 0.507. The lowest BCUT2D eigenvalue weighted by atomic mass is 10.2. The van der Waals surface area contributed by atoms with Crippen molar-refractivity contribution in [2.75, 3.05) is 49.2 Å². The van der Waals surface area contributed by atoms with Crippen LogP contribution in [0.25, 0.3) is 0 Å². The van der Waals surface area contributed by atoms with Crippen molar-refractivity contribution in [3.05, 3.63) is 109 Å². The Kier molecular flexibility index (Phi) is 8.42. The van der Waals surface area contributed by atoms with Crippen molar-refractivity contribution in [3.63, 3.8) is 0 Å². The van der Waals surface area contributed by atoms with Crippen LogP contribution in [-0.2, 0) is 13.1 Å². The van der Waals surface area contributed by atoms with Gasteiger partial charge in [0.25, 0.3) is 0 Å². The molecule has 2 aromatic heterocycles. The van der Waals surface area contributed by atoms with Crippen LogP contribution in [0.3, 0.4) is 0 Å². The van der Waals surface area contributed by atoms with E-state index < -0.39 is 0 Å². The van der Waals surface area contributed by atoms with Gasteiger partial charge in [0, 0.05) is 72.9 Å². The van der Waals surface area contributed by atoms with Gasteiger partial charge < -0.3 is 19.3 Å². The molecule has 0 spiro atoms. The number of pyridine rings is 2. The Balaban J connectivity index is 0.910. The molecular formula is C34H40N4O2+2. The Morgan fingerprint density at radius 2 is 0.825 bits per heavy atom. The molecule has 40 heavy (non-hydrogen) atoms. The first kappa shape index (κ1) is 26.2. The molecule has 0 radical (unpaired) electrons. The standard InChI is InChI=1S/C34H40N4O2/c1-2-18-37(17-1)31-13-21-35(22-14-31)27-29-5-9-33(10-6-29)39-25-26-40-34-11-7-30(8-12-34)28-36-23-15-32(16-24-36)38-19-3-4-20-38/h5-16,21-24H,1-4,17-20,25-28H2/q+2. The topological polar surface area (TPSA) is 32.7 Å². The van der Waals surface area contributed by atoms with Crippen LogP contribution in [0.15, 0.2) is 97.6 Å². The first-order valence-electron chi connectivity index (χ1n) is 14.7. The number of benzene rings is 2. The summed E-state index contributed by atoms with van der Waals surface area (Å²) in [5, 5.41) is 0. The van der Waals surface area contributed by atoms with E-state index in [1.54, 1.807) is 0 Å². The van der Waals surface area contributed by atoms with Crippen molar-refractivity contribution < 1.29 is 18.6 Å². The van der Waals surface area contributed by atoms with Gasteiger partial charge in [0.15, 0.2) is 37.9 Å². The van der Waals surface area contributed by atoms with Crippen LogP contribution in [0, 0.1) is 0 Å². The van der Waals surface area contributed by atoms with E-state index in [9.17, 15) is 0 Å². The monoisotopic (exact) mass is 536 g/mol. The number of hydrogen-bond donors (Lipinski definition) is 0. The van der Waals surface area contributed by atoms with Crippen LogP contribution in [0.2, 0.25) is 0 Å². The minimum absolute atomic E-state index is 0.507. The quantitative estimate of drug-likeness (QED) is 0.199. The lowest BCUT2D eigenvalue weighted by Crippen LogP contribution is -2.33. The summed E-state index contributed by atoms with van der Waals surface area (Å²) >= 11 is 0. The molecule has 6 rings (SSSR count). The molecule has 0 N–H and O–H groups in total. The lowest BCUT2D eigenvalue weighted by molar-refractivity contribution is -0.688. The molecule has 0 bridgehead atoms. The summed E-state index contributed by atoms with van der Waals surface area (Å²) in [5.41, 5.74) is 5.16. The highest BCUT2D eigenvalue weighted by Crippen LogP contribution is 2.20. The zero-order valence-electron chi connectivity index (χ0n) is 23.3. The first-order valence-corrected chi connectivity index (χ1v) is 14.7. The number of rotatable bonds is 11. The van der Waals surface area contributed by atoms with Gasteiger partial charge in [-0.3, -0.25) is 0 Å². The Labute approximate surface area is 238 Å². The smallest absolute Gasteiger partial charge is 0.173 e. The van der Waals surface area contributed by atoms with Gasteiger partial charge in [-0.1, -0.05) is 0 Å². The van der Waals surface area contributed by atoms with E-state index in [2.05, 4.69) is 92.3 Å². The number of nitrogens with zero attached hydrogens (tertiary/aromatic N) is 4. The van der Waals surface area contributed by atoms with Crippen LogP contribution < -0.4 is 28.4 Å². The van der Waals surface area contributed by atoms with Crippen molar-refractivity contribution in [2.45, 2.75) is 38.8 Å². The van der Waals surface area contributed by atoms with Gasteiger partial charge in [-0.25, -0.2) is 9.13 Å². The maximum atomic E-state index is 5.91. The average Bonchev–Trinajstić information content (AvgIpc) is 3.74. The van der Waals surface area contributed by atoms with Crippen LogP contribution in [0.1, 0.15) is 36.8 Å². The molecule has 4 aromatic rings. The zero-order chi connectivity index (χ0) is 27.0. The van der Waals surface area contributed by atoms with Crippen molar-refractivity contribution >= 4 is 11.4 Å². The third kappa shape index (κ3) is 6.92. The van der Waals surface area contributed by atoms with E-state index in [-0.39, 0.29) is 0 Å². The van der Waals surface area contributed by atoms with Gasteiger partial charge >= 0.3 is 0 Å². The second-order valence-electron chi connectivity index (χ2n) is 10.8. The molecule has 0 unspecified atom stereocenters. The molecule has 0 amide bonds. The summed E-state index contributed by atoms with van der Waals surface area (Å²) < 4.78 is 16.3. The highest BCUT2D eigenvalue weighted by Gasteiger charge is 2.15. The summed E-state index contributed by atoms with van der Waals surface area (Å²) in [6.45, 7) is 7.42. The zero-order valence-corrected chi connectivity index (χ0v) is 23.3. The number of ether oxygens (including phenoxy) is 2. The summed E-state index contributed by atoms with van der Waals surface area (Å²) in [4.78, 5) is 4.92. The Hall–Kier alpha value is -4.06. The molecule has 2 saturated heterocycles. The lowest BCUT2D eigenvalue weighted by Gasteiger charge is -2.16. The third-order valence-corrected chi connectivity index (χ3v) is 7.89. The Morgan fingerprint density at radius 3 is 1.18 bits per heavy atom. The normalized spacial score (nSPS) is 15.0. The van der Waals surface area contributed by atoms with Gasteiger partial charge in [-0.15, -0.1) is 0 Å². The maximum Gasteiger partial charge on any atom is 0.173 e. The molecule has 2 aromatic carbocycles. The molecular weight excluding hydrogens is 496 g/mol. The van der Waals surface area contributed by atoms with Gasteiger partial charge in [-0.05, 0) is 74.2 Å². The van der Waals surface area contributed by atoms with Crippen molar-refractivity contribution in [2.24, 2.45) is 0 Å². The molecule has 2 fully saturated rings. The van der Waals surface area contributed by atoms with Gasteiger partial charge in [0.2, 0.25) is 0 Å². The molecule has 206 valence electrons. The Bertz CT molecular complexity index is 1220. The molecule has 6 nitrogen and oxygen atoms in total. The van der Waals surface area contributed by atoms with Crippen molar-refractivity contribution in [1.82, 2.24) is 0 Å². The Morgan fingerprint density at radius 1 is 0.475 bits per heavy atom. The predicted octanol–water partition coefficient (Wildman–Crippen LogP) is 5.02. The summed E-state index contributed by atoms with van der Waals surface area (Å²) in [6.07, 6.45) is 13.9. The second kappa shape index (κ2) is 12.9. The highest BCUT2D eigenvalue weighted by molar-refractivity contribution is 5.45. The maximum absolute atomic E-state index is 5.91. The summed E-state index contributed by atoms with van der Waals surface area (Å²) in [5.74, 6) is 1.73. The van der Waals surface area contributed by atoms with Gasteiger partial charge in [-0.2, -0.15) is 0 Å². The fourth-order valence-electron chi connectivity index (χ4n) is 5.60. The minimum Gasteiger partial charge on any atom is -0.490 e. The molecule has 0 saturated carbocycles. The fraction of sp³-hybridized carbons (Fsp3) is 0.353. The predicted molar refractivity (Wildman–Crippen MR) is 158 cm³/mol. The number of aromatic nitrogens is 2. The van der Waals surface area contributed by atoms with E-state index >= 15 is 0 Å². The fourth-order valence-corrected chi connectivity index (χ4v) is 5.60. The second-order valence-corrected chi connectivity index (χ2v) is 10.8. The SMILES string of the molecule is c1cc(OCCOc2ccc(C[n+]3ccc(N4CCCC4)cc3)cc2)ccc1C[n+]1ccc(N2CCCC2)cc1. The molecule has 6 heteroatoms.